The first kappa shape index (κ1) is 17.5. The van der Waals surface area contributed by atoms with Gasteiger partial charge in [0, 0.05) is 31.4 Å². The third-order valence-electron chi connectivity index (χ3n) is 4.92. The van der Waals surface area contributed by atoms with Crippen molar-refractivity contribution in [2.45, 2.75) is 19.8 Å². The van der Waals surface area contributed by atoms with Crippen LogP contribution in [0.2, 0.25) is 0 Å². The third kappa shape index (κ3) is 3.94. The second kappa shape index (κ2) is 7.39. The number of amides is 1. The molecule has 0 N–H and O–H groups in total. The Kier molecular flexibility index (Phi) is 4.79. The minimum atomic E-state index is -0.278. The smallest absolute Gasteiger partial charge is 0.274 e. The molecule has 5 nitrogen and oxygen atoms in total. The Balaban J connectivity index is 1.40. The van der Waals surface area contributed by atoms with Crippen molar-refractivity contribution >= 4 is 11.6 Å². The van der Waals surface area contributed by atoms with E-state index in [1.165, 1.54) is 12.1 Å². The van der Waals surface area contributed by atoms with Crippen LogP contribution >= 0.6 is 0 Å². The summed E-state index contributed by atoms with van der Waals surface area (Å²) in [4.78, 5) is 19.2. The highest BCUT2D eigenvalue weighted by atomic mass is 19.1. The number of likely N-dealkylation sites (tertiary alicyclic amines) is 1. The molecule has 1 fully saturated rings. The number of hydrogen-bond donors (Lipinski definition) is 0. The molecule has 1 aromatic carbocycles. The van der Waals surface area contributed by atoms with Crippen molar-refractivity contribution in [2.24, 2.45) is 5.92 Å². The van der Waals surface area contributed by atoms with Gasteiger partial charge < -0.3 is 14.0 Å². The van der Waals surface area contributed by atoms with Crippen LogP contribution in [-0.2, 0) is 0 Å². The zero-order valence-corrected chi connectivity index (χ0v) is 15.3. The van der Waals surface area contributed by atoms with Gasteiger partial charge >= 0.3 is 0 Å². The van der Waals surface area contributed by atoms with Crippen molar-refractivity contribution in [3.63, 3.8) is 0 Å². The number of aromatic nitrogens is 2. The number of aryl methyl sites for hydroxylation is 1. The van der Waals surface area contributed by atoms with Crippen LogP contribution in [0.3, 0.4) is 0 Å². The number of halogens is 1. The van der Waals surface area contributed by atoms with E-state index in [0.717, 1.165) is 30.6 Å². The molecule has 3 aromatic rings. The first-order chi connectivity index (χ1) is 13.1. The van der Waals surface area contributed by atoms with Crippen LogP contribution in [0.4, 0.5) is 4.39 Å². The fourth-order valence-corrected chi connectivity index (χ4v) is 3.50. The number of piperidine rings is 1. The molecule has 0 unspecified atom stereocenters. The number of carbonyl (C=O) groups is 1. The zero-order chi connectivity index (χ0) is 18.8. The van der Waals surface area contributed by atoms with E-state index in [-0.39, 0.29) is 17.6 Å². The van der Waals surface area contributed by atoms with Crippen molar-refractivity contribution < 1.29 is 13.9 Å². The highest BCUT2D eigenvalue weighted by molar-refractivity contribution is 5.93. The van der Waals surface area contributed by atoms with Gasteiger partial charge in [0.2, 0.25) is 0 Å². The molecule has 140 valence electrons. The lowest BCUT2D eigenvalue weighted by atomic mass is 9.98. The van der Waals surface area contributed by atoms with E-state index in [1.54, 1.807) is 18.3 Å². The summed E-state index contributed by atoms with van der Waals surface area (Å²) in [5, 5.41) is 0. The third-order valence-corrected chi connectivity index (χ3v) is 4.92. The van der Waals surface area contributed by atoms with Crippen LogP contribution in [0, 0.1) is 18.7 Å². The number of nitrogens with zero attached hydrogens (tertiary/aromatic N) is 3. The van der Waals surface area contributed by atoms with Crippen molar-refractivity contribution in [1.29, 1.82) is 0 Å². The Morgan fingerprint density at radius 3 is 2.85 bits per heavy atom. The van der Waals surface area contributed by atoms with Gasteiger partial charge in [0.25, 0.3) is 5.91 Å². The predicted molar refractivity (Wildman–Crippen MR) is 100 cm³/mol. The van der Waals surface area contributed by atoms with E-state index < -0.39 is 0 Å². The SMILES string of the molecule is Cc1ccc2nc(C(=O)N3CCC[C@@H](COc4ccc(F)cc4)C3)cn2c1. The number of benzene rings is 1. The molecule has 2 aromatic heterocycles. The molecule has 1 atom stereocenters. The van der Waals surface area contributed by atoms with E-state index in [2.05, 4.69) is 4.98 Å². The number of pyridine rings is 1. The quantitative estimate of drug-likeness (QED) is 0.706. The van der Waals surface area contributed by atoms with Crippen LogP contribution in [0.1, 0.15) is 28.9 Å². The maximum atomic E-state index is 13.0. The summed E-state index contributed by atoms with van der Waals surface area (Å²) < 4.78 is 20.6. The average Bonchev–Trinajstić information content (AvgIpc) is 3.10. The highest BCUT2D eigenvalue weighted by Crippen LogP contribution is 2.21. The Hall–Kier alpha value is -2.89. The van der Waals surface area contributed by atoms with E-state index >= 15 is 0 Å². The van der Waals surface area contributed by atoms with E-state index in [9.17, 15) is 9.18 Å². The molecule has 0 bridgehead atoms. The number of ether oxygens (including phenoxy) is 1. The zero-order valence-electron chi connectivity index (χ0n) is 15.3. The lowest BCUT2D eigenvalue weighted by molar-refractivity contribution is 0.0628. The fraction of sp³-hybridized carbons (Fsp3) is 0.333. The summed E-state index contributed by atoms with van der Waals surface area (Å²) in [6.07, 6.45) is 5.71. The van der Waals surface area contributed by atoms with Crippen molar-refractivity contribution in [3.05, 3.63) is 65.9 Å². The Bertz CT molecular complexity index is 952. The van der Waals surface area contributed by atoms with Crippen molar-refractivity contribution in [3.8, 4) is 5.75 Å². The number of hydrogen-bond acceptors (Lipinski definition) is 3. The van der Waals surface area contributed by atoms with Crippen LogP contribution in [-0.4, -0.2) is 39.9 Å². The summed E-state index contributed by atoms with van der Waals surface area (Å²) in [6, 6.07) is 9.93. The second-order valence-corrected chi connectivity index (χ2v) is 7.12. The van der Waals surface area contributed by atoms with Gasteiger partial charge in [-0.3, -0.25) is 4.79 Å². The molecule has 1 amide bonds. The predicted octanol–water partition coefficient (Wildman–Crippen LogP) is 3.71. The van der Waals surface area contributed by atoms with Gasteiger partial charge in [-0.05, 0) is 55.7 Å². The molecular formula is C21H22FN3O2. The summed E-state index contributed by atoms with van der Waals surface area (Å²) in [5.74, 6) is 0.588. The Morgan fingerprint density at radius 1 is 1.22 bits per heavy atom. The minimum Gasteiger partial charge on any atom is -0.493 e. The maximum absolute atomic E-state index is 13.0. The molecule has 1 aliphatic rings. The van der Waals surface area contributed by atoms with Gasteiger partial charge in [0.05, 0.1) is 6.61 Å². The largest absolute Gasteiger partial charge is 0.493 e. The molecular weight excluding hydrogens is 345 g/mol. The van der Waals surface area contributed by atoms with E-state index in [0.29, 0.717) is 24.6 Å². The standard InChI is InChI=1S/C21H22FN3O2/c1-15-4-9-20-23-19(13-25(20)11-15)21(26)24-10-2-3-16(12-24)14-27-18-7-5-17(22)6-8-18/h4-9,11,13,16H,2-3,10,12,14H2,1H3/t16-/m1/s1. The van der Waals surface area contributed by atoms with Gasteiger partial charge in [-0.15, -0.1) is 0 Å². The van der Waals surface area contributed by atoms with Crippen LogP contribution in [0.15, 0.2) is 48.8 Å². The molecule has 0 radical (unpaired) electrons. The van der Waals surface area contributed by atoms with Gasteiger partial charge in [-0.25, -0.2) is 9.37 Å². The van der Waals surface area contributed by atoms with Gasteiger partial charge in [-0.2, -0.15) is 0 Å². The molecule has 27 heavy (non-hydrogen) atoms. The van der Waals surface area contributed by atoms with Gasteiger partial charge in [0.15, 0.2) is 0 Å². The molecule has 0 saturated carbocycles. The van der Waals surface area contributed by atoms with Crippen molar-refractivity contribution in [2.75, 3.05) is 19.7 Å². The van der Waals surface area contributed by atoms with Gasteiger partial charge in [-0.1, -0.05) is 6.07 Å². The molecule has 0 spiro atoms. The Morgan fingerprint density at radius 2 is 2.04 bits per heavy atom. The molecule has 1 saturated heterocycles. The van der Waals surface area contributed by atoms with Crippen molar-refractivity contribution in [1.82, 2.24) is 14.3 Å². The molecule has 4 rings (SSSR count). The summed E-state index contributed by atoms with van der Waals surface area (Å²) in [7, 11) is 0. The average molecular weight is 367 g/mol. The van der Waals surface area contributed by atoms with E-state index in [1.807, 2.05) is 34.6 Å². The fourth-order valence-electron chi connectivity index (χ4n) is 3.50. The normalized spacial score (nSPS) is 17.3. The molecule has 1 aliphatic heterocycles. The lowest BCUT2D eigenvalue weighted by Crippen LogP contribution is -2.41. The Labute approximate surface area is 157 Å². The molecule has 3 heterocycles. The first-order valence-electron chi connectivity index (χ1n) is 9.21. The topological polar surface area (TPSA) is 46.8 Å². The van der Waals surface area contributed by atoms with Gasteiger partial charge in [0.1, 0.15) is 22.9 Å². The summed E-state index contributed by atoms with van der Waals surface area (Å²) in [5.41, 5.74) is 2.37. The molecule has 6 heteroatoms. The van der Waals surface area contributed by atoms with E-state index in [4.69, 9.17) is 4.74 Å². The lowest BCUT2D eigenvalue weighted by Gasteiger charge is -2.32. The number of carbonyl (C=O) groups excluding carboxylic acids is 1. The maximum Gasteiger partial charge on any atom is 0.274 e. The van der Waals surface area contributed by atoms with Crippen LogP contribution < -0.4 is 4.74 Å². The minimum absolute atomic E-state index is 0.0390. The van der Waals surface area contributed by atoms with Crippen LogP contribution in [0.5, 0.6) is 5.75 Å². The summed E-state index contributed by atoms with van der Waals surface area (Å²) >= 11 is 0. The highest BCUT2D eigenvalue weighted by Gasteiger charge is 2.26. The van der Waals surface area contributed by atoms with Crippen LogP contribution in [0.25, 0.3) is 5.65 Å². The molecule has 0 aliphatic carbocycles. The number of fused-ring (bicyclic) bond motifs is 1. The summed E-state index contributed by atoms with van der Waals surface area (Å²) in [6.45, 7) is 3.91. The first-order valence-corrected chi connectivity index (χ1v) is 9.21. The number of rotatable bonds is 4. The number of imidazole rings is 1. The second-order valence-electron chi connectivity index (χ2n) is 7.12. The monoisotopic (exact) mass is 367 g/mol.